The summed E-state index contributed by atoms with van der Waals surface area (Å²) in [6, 6.07) is 15.1. The van der Waals surface area contributed by atoms with Crippen molar-refractivity contribution in [3.05, 3.63) is 66.0 Å². The Kier molecular flexibility index (Phi) is 3.25. The number of pyridine rings is 1. The molecular formula is C15H14N2O2. The van der Waals surface area contributed by atoms with Crippen LogP contribution >= 0.6 is 0 Å². The number of aliphatic imine (C=N–C) groups is 1. The Balaban J connectivity index is 1.88. The van der Waals surface area contributed by atoms with Crippen LogP contribution in [0.4, 0.5) is 0 Å². The standard InChI is InChI=1S/C15H14N2O2/c18-10-13-14(11-6-2-1-3-7-11)19-15(17-13)12-8-4-5-9-16-12/h1-9,13-14,18H,10H2/t13-,14-/m1/s1. The van der Waals surface area contributed by atoms with Crippen molar-refractivity contribution >= 4 is 5.90 Å². The lowest BCUT2D eigenvalue weighted by atomic mass is 10.0. The highest BCUT2D eigenvalue weighted by Gasteiger charge is 2.32. The number of nitrogens with zero attached hydrogens (tertiary/aromatic N) is 2. The van der Waals surface area contributed by atoms with Gasteiger partial charge in [0.25, 0.3) is 0 Å². The number of aliphatic hydroxyl groups excluding tert-OH is 1. The van der Waals surface area contributed by atoms with E-state index < -0.39 is 0 Å². The zero-order chi connectivity index (χ0) is 13.1. The lowest BCUT2D eigenvalue weighted by Gasteiger charge is -2.16. The molecule has 0 saturated heterocycles. The predicted octanol–water partition coefficient (Wildman–Crippen LogP) is 1.96. The third-order valence-corrected chi connectivity index (χ3v) is 3.07. The van der Waals surface area contributed by atoms with E-state index in [1.54, 1.807) is 6.20 Å². The number of aromatic nitrogens is 1. The van der Waals surface area contributed by atoms with Gasteiger partial charge < -0.3 is 9.84 Å². The SMILES string of the molecule is OC[C@H]1N=C(c2ccccn2)O[C@@H]1c1ccccc1. The molecule has 4 heteroatoms. The highest BCUT2D eigenvalue weighted by atomic mass is 16.5. The molecule has 2 heterocycles. The summed E-state index contributed by atoms with van der Waals surface area (Å²) in [6.45, 7) is -0.0457. The second-order valence-corrected chi connectivity index (χ2v) is 4.35. The van der Waals surface area contributed by atoms with E-state index in [2.05, 4.69) is 9.98 Å². The van der Waals surface area contributed by atoms with Gasteiger partial charge in [0.15, 0.2) is 6.10 Å². The van der Waals surface area contributed by atoms with E-state index in [0.717, 1.165) is 5.56 Å². The summed E-state index contributed by atoms with van der Waals surface area (Å²) < 4.78 is 5.86. The molecule has 2 atom stereocenters. The summed E-state index contributed by atoms with van der Waals surface area (Å²) in [5.74, 6) is 0.494. The molecule has 19 heavy (non-hydrogen) atoms. The summed E-state index contributed by atoms with van der Waals surface area (Å²) in [6.07, 6.45) is 1.45. The fourth-order valence-electron chi connectivity index (χ4n) is 2.13. The van der Waals surface area contributed by atoms with Crippen LogP contribution in [-0.2, 0) is 4.74 Å². The van der Waals surface area contributed by atoms with Gasteiger partial charge in [-0.3, -0.25) is 4.98 Å². The van der Waals surface area contributed by atoms with Crippen LogP contribution in [0.15, 0.2) is 59.7 Å². The van der Waals surface area contributed by atoms with Gasteiger partial charge in [0.1, 0.15) is 11.7 Å². The molecule has 1 aromatic heterocycles. The lowest BCUT2D eigenvalue weighted by Crippen LogP contribution is -2.17. The second kappa shape index (κ2) is 5.20. The maximum absolute atomic E-state index is 9.45. The smallest absolute Gasteiger partial charge is 0.236 e. The van der Waals surface area contributed by atoms with E-state index in [1.807, 2.05) is 48.5 Å². The first kappa shape index (κ1) is 11.9. The highest BCUT2D eigenvalue weighted by molar-refractivity contribution is 5.93. The zero-order valence-corrected chi connectivity index (χ0v) is 10.3. The summed E-state index contributed by atoms with van der Waals surface area (Å²) >= 11 is 0. The molecule has 0 unspecified atom stereocenters. The van der Waals surface area contributed by atoms with Crippen molar-refractivity contribution in [1.82, 2.24) is 4.98 Å². The van der Waals surface area contributed by atoms with Crippen molar-refractivity contribution in [3.63, 3.8) is 0 Å². The van der Waals surface area contributed by atoms with Crippen LogP contribution in [0.5, 0.6) is 0 Å². The lowest BCUT2D eigenvalue weighted by molar-refractivity contribution is 0.151. The first-order chi connectivity index (χ1) is 9.38. The minimum atomic E-state index is -0.278. The molecule has 0 amide bonds. The third kappa shape index (κ3) is 2.35. The molecule has 0 fully saturated rings. The quantitative estimate of drug-likeness (QED) is 0.911. The summed E-state index contributed by atoms with van der Waals surface area (Å²) in [5.41, 5.74) is 1.70. The van der Waals surface area contributed by atoms with Crippen molar-refractivity contribution in [1.29, 1.82) is 0 Å². The topological polar surface area (TPSA) is 54.7 Å². The molecule has 0 spiro atoms. The van der Waals surface area contributed by atoms with E-state index >= 15 is 0 Å². The van der Waals surface area contributed by atoms with Crippen molar-refractivity contribution in [2.75, 3.05) is 6.61 Å². The van der Waals surface area contributed by atoms with Crippen molar-refractivity contribution < 1.29 is 9.84 Å². The first-order valence-corrected chi connectivity index (χ1v) is 6.20. The van der Waals surface area contributed by atoms with Crippen LogP contribution in [0.25, 0.3) is 0 Å². The molecule has 0 bridgehead atoms. The summed E-state index contributed by atoms with van der Waals surface area (Å²) in [4.78, 5) is 8.64. The molecule has 3 rings (SSSR count). The van der Waals surface area contributed by atoms with Crippen LogP contribution in [0.1, 0.15) is 17.4 Å². The number of benzene rings is 1. The highest BCUT2D eigenvalue weighted by Crippen LogP contribution is 2.30. The van der Waals surface area contributed by atoms with Crippen LogP contribution in [-0.4, -0.2) is 28.6 Å². The van der Waals surface area contributed by atoms with E-state index in [1.165, 1.54) is 0 Å². The molecule has 2 aromatic rings. The molecule has 0 saturated carbocycles. The average molecular weight is 254 g/mol. The van der Waals surface area contributed by atoms with Crippen molar-refractivity contribution in [2.45, 2.75) is 12.1 Å². The van der Waals surface area contributed by atoms with Crippen LogP contribution < -0.4 is 0 Å². The van der Waals surface area contributed by atoms with Crippen LogP contribution in [0.2, 0.25) is 0 Å². The predicted molar refractivity (Wildman–Crippen MR) is 71.9 cm³/mol. The normalized spacial score (nSPS) is 21.8. The number of hydrogen-bond acceptors (Lipinski definition) is 4. The molecule has 0 radical (unpaired) electrons. The molecule has 4 nitrogen and oxygen atoms in total. The molecule has 96 valence electrons. The Bertz CT molecular complexity index is 569. The van der Waals surface area contributed by atoms with E-state index in [4.69, 9.17) is 4.74 Å². The molecule has 1 aliphatic heterocycles. The van der Waals surface area contributed by atoms with Gasteiger partial charge in [0.05, 0.1) is 6.61 Å². The maximum Gasteiger partial charge on any atom is 0.236 e. The number of ether oxygens (including phenoxy) is 1. The van der Waals surface area contributed by atoms with Gasteiger partial charge in [0, 0.05) is 6.20 Å². The second-order valence-electron chi connectivity index (χ2n) is 4.35. The van der Waals surface area contributed by atoms with Gasteiger partial charge in [-0.05, 0) is 17.7 Å². The largest absolute Gasteiger partial charge is 0.466 e. The summed E-state index contributed by atoms with van der Waals surface area (Å²) in [5, 5.41) is 9.45. The summed E-state index contributed by atoms with van der Waals surface area (Å²) in [7, 11) is 0. The molecule has 1 N–H and O–H groups in total. The Morgan fingerprint density at radius 1 is 1.05 bits per heavy atom. The molecule has 0 aliphatic carbocycles. The number of aliphatic hydroxyl groups is 1. The zero-order valence-electron chi connectivity index (χ0n) is 10.3. The van der Waals surface area contributed by atoms with Gasteiger partial charge in [-0.2, -0.15) is 0 Å². The Hall–Kier alpha value is -2.20. The Morgan fingerprint density at radius 2 is 1.84 bits per heavy atom. The van der Waals surface area contributed by atoms with Crippen molar-refractivity contribution in [2.24, 2.45) is 4.99 Å². The Morgan fingerprint density at radius 3 is 2.53 bits per heavy atom. The minimum Gasteiger partial charge on any atom is -0.466 e. The monoisotopic (exact) mass is 254 g/mol. The minimum absolute atomic E-state index is 0.0457. The number of rotatable bonds is 3. The van der Waals surface area contributed by atoms with E-state index in [0.29, 0.717) is 11.6 Å². The van der Waals surface area contributed by atoms with Crippen LogP contribution in [0, 0.1) is 0 Å². The van der Waals surface area contributed by atoms with E-state index in [9.17, 15) is 5.11 Å². The average Bonchev–Trinajstić information content (AvgIpc) is 2.93. The Labute approximate surface area is 111 Å². The molecule has 1 aliphatic rings. The van der Waals surface area contributed by atoms with Gasteiger partial charge in [-0.25, -0.2) is 4.99 Å². The molecular weight excluding hydrogens is 240 g/mol. The van der Waals surface area contributed by atoms with Gasteiger partial charge in [-0.15, -0.1) is 0 Å². The fraction of sp³-hybridized carbons (Fsp3) is 0.200. The maximum atomic E-state index is 9.45. The van der Waals surface area contributed by atoms with Crippen molar-refractivity contribution in [3.8, 4) is 0 Å². The first-order valence-electron chi connectivity index (χ1n) is 6.20. The fourth-order valence-corrected chi connectivity index (χ4v) is 2.13. The number of hydrogen-bond donors (Lipinski definition) is 1. The van der Waals surface area contributed by atoms with E-state index in [-0.39, 0.29) is 18.8 Å². The van der Waals surface area contributed by atoms with Gasteiger partial charge >= 0.3 is 0 Å². The third-order valence-electron chi connectivity index (χ3n) is 3.07. The molecule has 1 aromatic carbocycles. The van der Waals surface area contributed by atoms with Crippen LogP contribution in [0.3, 0.4) is 0 Å². The van der Waals surface area contributed by atoms with Gasteiger partial charge in [0.2, 0.25) is 5.90 Å². The van der Waals surface area contributed by atoms with Gasteiger partial charge in [-0.1, -0.05) is 36.4 Å².